The summed E-state index contributed by atoms with van der Waals surface area (Å²) in [5.74, 6) is -0.917. The third-order valence-electron chi connectivity index (χ3n) is 6.59. The molecule has 1 amide bonds. The third-order valence-corrected chi connectivity index (χ3v) is 6.59. The first-order valence-electron chi connectivity index (χ1n) is 9.32. The highest BCUT2D eigenvalue weighted by Crippen LogP contribution is 2.57. The summed E-state index contributed by atoms with van der Waals surface area (Å²) in [6.45, 7) is 1.80. The number of carbonyl (C=O) groups excluding carboxylic acids is 2. The van der Waals surface area contributed by atoms with E-state index in [1.807, 2.05) is 30.3 Å². The number of esters is 1. The number of fused-ring (bicyclic) bond motifs is 1. The average Bonchev–Trinajstić information content (AvgIpc) is 3.32. The van der Waals surface area contributed by atoms with Crippen molar-refractivity contribution >= 4 is 17.6 Å². The third kappa shape index (κ3) is 2.17. The van der Waals surface area contributed by atoms with Crippen LogP contribution in [0.1, 0.15) is 18.5 Å². The summed E-state index contributed by atoms with van der Waals surface area (Å²) in [6, 6.07) is 9.30. The van der Waals surface area contributed by atoms with E-state index in [2.05, 4.69) is 5.32 Å². The number of hydrogen-bond donors (Lipinski definition) is 1. The number of ether oxygens (including phenoxy) is 1. The van der Waals surface area contributed by atoms with Gasteiger partial charge < -0.3 is 10.1 Å². The van der Waals surface area contributed by atoms with Gasteiger partial charge in [-0.25, -0.2) is 4.68 Å². The molecular formula is C20H21N3O4. The largest absolute Gasteiger partial charge is 0.462 e. The number of amides is 1. The van der Waals surface area contributed by atoms with Crippen LogP contribution in [0.5, 0.6) is 0 Å². The molecule has 2 heterocycles. The van der Waals surface area contributed by atoms with Crippen molar-refractivity contribution < 1.29 is 14.3 Å². The van der Waals surface area contributed by atoms with Crippen LogP contribution in [-0.2, 0) is 21.4 Å². The lowest BCUT2D eigenvalue weighted by atomic mass is 9.79. The maximum Gasteiger partial charge on any atom is 0.310 e. The van der Waals surface area contributed by atoms with Crippen molar-refractivity contribution in [2.75, 3.05) is 5.32 Å². The first-order chi connectivity index (χ1) is 13.0. The van der Waals surface area contributed by atoms with Crippen molar-refractivity contribution in [3.8, 4) is 5.69 Å². The van der Waals surface area contributed by atoms with Crippen LogP contribution in [0.3, 0.4) is 0 Å². The molecule has 1 saturated heterocycles. The molecule has 3 fully saturated rings. The van der Waals surface area contributed by atoms with Crippen molar-refractivity contribution in [2.45, 2.75) is 25.9 Å². The second-order valence-electron chi connectivity index (χ2n) is 7.85. The molecule has 2 aliphatic carbocycles. The first-order valence-corrected chi connectivity index (χ1v) is 9.32. The van der Waals surface area contributed by atoms with Gasteiger partial charge in [0.25, 0.3) is 5.56 Å². The average molecular weight is 367 g/mol. The zero-order valence-electron chi connectivity index (χ0n) is 15.2. The molecule has 3 aliphatic rings. The molecule has 1 aliphatic heterocycles. The van der Waals surface area contributed by atoms with Crippen LogP contribution in [0.25, 0.3) is 5.69 Å². The van der Waals surface area contributed by atoms with Gasteiger partial charge in [0.05, 0.1) is 23.2 Å². The molecule has 1 aromatic heterocycles. The molecule has 7 heteroatoms. The Morgan fingerprint density at radius 1 is 1.19 bits per heavy atom. The Morgan fingerprint density at radius 2 is 1.93 bits per heavy atom. The number of aromatic nitrogens is 2. The highest BCUT2D eigenvalue weighted by atomic mass is 16.6. The summed E-state index contributed by atoms with van der Waals surface area (Å²) in [6.07, 6.45) is 1.61. The molecule has 2 saturated carbocycles. The number of anilines is 1. The summed E-state index contributed by atoms with van der Waals surface area (Å²) in [4.78, 5) is 38.2. The molecule has 0 spiro atoms. The van der Waals surface area contributed by atoms with Crippen LogP contribution in [0, 0.1) is 30.6 Å². The van der Waals surface area contributed by atoms with Gasteiger partial charge in [0.2, 0.25) is 5.91 Å². The minimum absolute atomic E-state index is 0.00896. The molecule has 2 aromatic rings. The van der Waals surface area contributed by atoms with Crippen molar-refractivity contribution in [2.24, 2.45) is 30.7 Å². The van der Waals surface area contributed by atoms with E-state index in [9.17, 15) is 14.4 Å². The van der Waals surface area contributed by atoms with E-state index < -0.39 is 5.92 Å². The minimum atomic E-state index is -0.398. The van der Waals surface area contributed by atoms with Crippen molar-refractivity contribution in [1.29, 1.82) is 0 Å². The molecule has 5 atom stereocenters. The normalized spacial score (nSPS) is 30.6. The number of para-hydroxylation sites is 1. The summed E-state index contributed by atoms with van der Waals surface area (Å²) >= 11 is 0. The molecule has 1 aromatic carbocycles. The van der Waals surface area contributed by atoms with Crippen LogP contribution in [0.15, 0.2) is 35.1 Å². The fourth-order valence-corrected chi connectivity index (χ4v) is 5.28. The van der Waals surface area contributed by atoms with E-state index in [0.717, 1.165) is 18.5 Å². The van der Waals surface area contributed by atoms with E-state index in [0.29, 0.717) is 5.69 Å². The molecule has 1 N–H and O–H groups in total. The second kappa shape index (κ2) is 5.58. The second-order valence-corrected chi connectivity index (χ2v) is 7.85. The molecule has 0 unspecified atom stereocenters. The number of rotatable bonds is 3. The lowest BCUT2D eigenvalue weighted by Crippen LogP contribution is -2.37. The van der Waals surface area contributed by atoms with Gasteiger partial charge in [-0.2, -0.15) is 0 Å². The predicted molar refractivity (Wildman–Crippen MR) is 97.5 cm³/mol. The lowest BCUT2D eigenvalue weighted by Gasteiger charge is -2.23. The summed E-state index contributed by atoms with van der Waals surface area (Å²) in [5.41, 5.74) is 1.41. The standard InChI is InChI=1S/C20H21N3O4/c1-10-17(19(25)23(22(10)2)12-6-4-3-5-7-12)21-18(24)15-11-8-13-14(9-11)27-20(26)16(13)15/h3-7,11,13-16H,8-9H2,1-2H3,(H,21,24)/t11-,13+,14-,15-,16+/m1/s1. The highest BCUT2D eigenvalue weighted by molar-refractivity contribution is 5.97. The maximum atomic E-state index is 13.0. The van der Waals surface area contributed by atoms with E-state index >= 15 is 0 Å². The fourth-order valence-electron chi connectivity index (χ4n) is 5.28. The van der Waals surface area contributed by atoms with Gasteiger partial charge in [0.1, 0.15) is 11.8 Å². The molecule has 5 rings (SSSR count). The molecule has 2 bridgehead atoms. The topological polar surface area (TPSA) is 82.3 Å². The van der Waals surface area contributed by atoms with Crippen LogP contribution in [0.4, 0.5) is 5.69 Å². The van der Waals surface area contributed by atoms with E-state index in [-0.39, 0.29) is 47.0 Å². The monoisotopic (exact) mass is 367 g/mol. The Hall–Kier alpha value is -2.83. The van der Waals surface area contributed by atoms with Gasteiger partial charge in [-0.1, -0.05) is 18.2 Å². The Kier molecular flexibility index (Phi) is 3.38. The SMILES string of the molecule is Cc1c(NC(=O)[C@@H]2[C@@H]3C[C@@H]4[C@@H]2C(=O)O[C@@H]4C3)c(=O)n(-c2ccccc2)n1C. The number of nitrogens with one attached hydrogen (secondary N) is 1. The van der Waals surface area contributed by atoms with Gasteiger partial charge >= 0.3 is 5.97 Å². The number of hydrogen-bond acceptors (Lipinski definition) is 4. The van der Waals surface area contributed by atoms with Gasteiger partial charge in [0, 0.05) is 13.0 Å². The predicted octanol–water partition coefficient (Wildman–Crippen LogP) is 1.62. The lowest BCUT2D eigenvalue weighted by molar-refractivity contribution is -0.145. The van der Waals surface area contributed by atoms with E-state index in [1.54, 1.807) is 18.7 Å². The van der Waals surface area contributed by atoms with Crippen molar-refractivity contribution in [3.63, 3.8) is 0 Å². The summed E-state index contributed by atoms with van der Waals surface area (Å²) < 4.78 is 8.67. The molecule has 140 valence electrons. The Bertz CT molecular complexity index is 1000. The fraction of sp³-hybridized carbons (Fsp3) is 0.450. The molecular weight excluding hydrogens is 346 g/mol. The first kappa shape index (κ1) is 16.4. The number of benzene rings is 1. The van der Waals surface area contributed by atoms with E-state index in [4.69, 9.17) is 4.74 Å². The van der Waals surface area contributed by atoms with Gasteiger partial charge in [-0.15, -0.1) is 0 Å². The molecule has 27 heavy (non-hydrogen) atoms. The highest BCUT2D eigenvalue weighted by Gasteiger charge is 2.64. The van der Waals surface area contributed by atoms with Crippen molar-refractivity contribution in [3.05, 3.63) is 46.4 Å². The van der Waals surface area contributed by atoms with Crippen LogP contribution < -0.4 is 10.9 Å². The number of nitrogens with zero attached hydrogens (tertiary/aromatic N) is 2. The quantitative estimate of drug-likeness (QED) is 0.836. The van der Waals surface area contributed by atoms with Crippen LogP contribution >= 0.6 is 0 Å². The Morgan fingerprint density at radius 3 is 2.67 bits per heavy atom. The molecule has 7 nitrogen and oxygen atoms in total. The summed E-state index contributed by atoms with van der Waals surface area (Å²) in [5, 5.41) is 2.84. The summed E-state index contributed by atoms with van der Waals surface area (Å²) in [7, 11) is 1.79. The van der Waals surface area contributed by atoms with Gasteiger partial charge in [-0.05, 0) is 37.8 Å². The van der Waals surface area contributed by atoms with E-state index in [1.165, 1.54) is 4.68 Å². The zero-order chi connectivity index (χ0) is 18.9. The maximum absolute atomic E-state index is 13.0. The smallest absolute Gasteiger partial charge is 0.310 e. The Labute approximate surface area is 155 Å². The van der Waals surface area contributed by atoms with Gasteiger partial charge in [0.15, 0.2) is 0 Å². The number of carbonyl (C=O) groups is 2. The zero-order valence-corrected chi connectivity index (χ0v) is 15.2. The molecule has 0 radical (unpaired) electrons. The van der Waals surface area contributed by atoms with Crippen LogP contribution in [-0.4, -0.2) is 27.3 Å². The van der Waals surface area contributed by atoms with Crippen LogP contribution in [0.2, 0.25) is 0 Å². The minimum Gasteiger partial charge on any atom is -0.462 e. The Balaban J connectivity index is 1.48. The van der Waals surface area contributed by atoms with Crippen molar-refractivity contribution in [1.82, 2.24) is 9.36 Å². The van der Waals surface area contributed by atoms with Gasteiger partial charge in [-0.3, -0.25) is 19.1 Å².